The van der Waals surface area contributed by atoms with E-state index in [1.807, 2.05) is 0 Å². The van der Waals surface area contributed by atoms with E-state index in [1.54, 1.807) is 20.8 Å². The van der Waals surface area contributed by atoms with Crippen LogP contribution in [0.25, 0.3) is 0 Å². The van der Waals surface area contributed by atoms with Crippen molar-refractivity contribution in [3.8, 4) is 0 Å². The van der Waals surface area contributed by atoms with Gasteiger partial charge in [-0.1, -0.05) is 13.0 Å². The van der Waals surface area contributed by atoms with Gasteiger partial charge in [0.2, 0.25) is 0 Å². The molecule has 1 fully saturated rings. The molecule has 0 saturated carbocycles. The van der Waals surface area contributed by atoms with Crippen molar-refractivity contribution in [2.75, 3.05) is 13.2 Å². The van der Waals surface area contributed by atoms with Crippen LogP contribution in [0.5, 0.6) is 0 Å². The lowest BCUT2D eigenvalue weighted by Gasteiger charge is -2.47. The number of hydrogen-bond donors (Lipinski definition) is 6. The Labute approximate surface area is 179 Å². The molecule has 1 aliphatic carbocycles. The van der Waals surface area contributed by atoms with Gasteiger partial charge in [-0.05, 0) is 37.1 Å². The first-order valence-corrected chi connectivity index (χ1v) is 9.81. The topological polar surface area (TPSA) is 174 Å². The Hall–Kier alpha value is -1.92. The van der Waals surface area contributed by atoms with Gasteiger partial charge < -0.3 is 40.1 Å². The Bertz CT molecular complexity index is 785. The molecular formula is C21H30O10. The Balaban J connectivity index is 2.29. The summed E-state index contributed by atoms with van der Waals surface area (Å²) in [6.07, 6.45) is -2.41. The molecule has 0 aromatic carbocycles. The molecule has 10 nitrogen and oxygen atoms in total. The van der Waals surface area contributed by atoms with Gasteiger partial charge in [0.15, 0.2) is 12.1 Å². The second-order valence-corrected chi connectivity index (χ2v) is 8.37. The largest absolute Gasteiger partial charge is 0.478 e. The molecule has 1 aliphatic heterocycles. The molecule has 0 spiro atoms. The van der Waals surface area contributed by atoms with Crippen LogP contribution in [0.3, 0.4) is 0 Å². The smallest absolute Gasteiger partial charge is 0.328 e. The summed E-state index contributed by atoms with van der Waals surface area (Å²) < 4.78 is 10.9. The second-order valence-electron chi connectivity index (χ2n) is 8.37. The normalized spacial score (nSPS) is 39.6. The number of allylic oxidation sites excluding steroid dienone is 3. The Morgan fingerprint density at radius 2 is 1.94 bits per heavy atom. The minimum Gasteiger partial charge on any atom is -0.478 e. The molecule has 1 saturated heterocycles. The molecule has 0 unspecified atom stereocenters. The van der Waals surface area contributed by atoms with Crippen LogP contribution < -0.4 is 0 Å². The molecule has 1 heterocycles. The summed E-state index contributed by atoms with van der Waals surface area (Å²) in [4.78, 5) is 23.1. The highest BCUT2D eigenvalue weighted by Crippen LogP contribution is 2.45. The van der Waals surface area contributed by atoms with Crippen molar-refractivity contribution in [3.05, 3.63) is 35.5 Å². The van der Waals surface area contributed by atoms with Crippen molar-refractivity contribution in [1.29, 1.82) is 0 Å². The summed E-state index contributed by atoms with van der Waals surface area (Å²) in [6, 6.07) is 0. The standard InChI is InChI=1S/C21H30O10/c1-11(6-15(24)25)4-5-21(29)12(2)7-13(23)8-20(21,3)10-30-19-18(28)17(27)16(26)14(9-22)31-19/h4-7,14,16-19,22,26-29H,8-10H2,1-3H3,(H,24,25)/b5-4+,11-6+/t14-,16-,17+,18-,19-,20-,21+/m1/s1. The van der Waals surface area contributed by atoms with Crippen molar-refractivity contribution in [2.45, 2.75) is 63.5 Å². The Morgan fingerprint density at radius 1 is 1.29 bits per heavy atom. The highest BCUT2D eigenvalue weighted by Gasteiger charge is 2.52. The van der Waals surface area contributed by atoms with Gasteiger partial charge >= 0.3 is 5.97 Å². The number of aliphatic hydroxyl groups excluding tert-OH is 4. The van der Waals surface area contributed by atoms with Crippen LogP contribution in [-0.2, 0) is 19.1 Å². The van der Waals surface area contributed by atoms with E-state index in [2.05, 4.69) is 0 Å². The first-order chi connectivity index (χ1) is 14.3. The van der Waals surface area contributed by atoms with Gasteiger partial charge in [-0.15, -0.1) is 0 Å². The third-order valence-corrected chi connectivity index (χ3v) is 5.82. The number of hydrogen-bond acceptors (Lipinski definition) is 9. The van der Waals surface area contributed by atoms with Gasteiger partial charge in [-0.25, -0.2) is 4.79 Å². The van der Waals surface area contributed by atoms with Crippen LogP contribution >= 0.6 is 0 Å². The lowest BCUT2D eigenvalue weighted by molar-refractivity contribution is -0.308. The van der Waals surface area contributed by atoms with Gasteiger partial charge in [0.1, 0.15) is 30.0 Å². The van der Waals surface area contributed by atoms with Crippen molar-refractivity contribution in [3.63, 3.8) is 0 Å². The van der Waals surface area contributed by atoms with Crippen LogP contribution in [0, 0.1) is 5.41 Å². The molecule has 0 bridgehead atoms. The number of carboxylic acid groups (broad SMARTS) is 1. The molecule has 2 rings (SSSR count). The molecule has 31 heavy (non-hydrogen) atoms. The molecule has 6 N–H and O–H groups in total. The summed E-state index contributed by atoms with van der Waals surface area (Å²) in [5, 5.41) is 59.6. The van der Waals surface area contributed by atoms with Crippen molar-refractivity contribution in [1.82, 2.24) is 0 Å². The number of ketones is 1. The summed E-state index contributed by atoms with van der Waals surface area (Å²) in [5.74, 6) is -1.40. The fourth-order valence-corrected chi connectivity index (χ4v) is 3.86. The lowest BCUT2D eigenvalue weighted by Crippen LogP contribution is -2.60. The average Bonchev–Trinajstić information content (AvgIpc) is 2.68. The third-order valence-electron chi connectivity index (χ3n) is 5.82. The number of ether oxygens (including phenoxy) is 2. The fourth-order valence-electron chi connectivity index (χ4n) is 3.86. The van der Waals surface area contributed by atoms with Crippen LogP contribution in [0.15, 0.2) is 35.5 Å². The number of aliphatic carboxylic acids is 1. The van der Waals surface area contributed by atoms with Gasteiger partial charge in [0.05, 0.1) is 13.2 Å². The number of carbonyl (C=O) groups excluding carboxylic acids is 1. The highest BCUT2D eigenvalue weighted by atomic mass is 16.7. The van der Waals surface area contributed by atoms with E-state index >= 15 is 0 Å². The first kappa shape index (κ1) is 25.3. The second kappa shape index (κ2) is 9.70. The maximum Gasteiger partial charge on any atom is 0.328 e. The third kappa shape index (κ3) is 5.29. The quantitative estimate of drug-likeness (QED) is 0.213. The number of aliphatic hydroxyl groups is 5. The Morgan fingerprint density at radius 3 is 2.52 bits per heavy atom. The molecule has 7 atom stereocenters. The highest BCUT2D eigenvalue weighted by molar-refractivity contribution is 5.93. The number of carbonyl (C=O) groups is 2. The first-order valence-electron chi connectivity index (χ1n) is 9.81. The lowest BCUT2D eigenvalue weighted by atomic mass is 9.63. The molecule has 2 aliphatic rings. The van der Waals surface area contributed by atoms with E-state index in [0.717, 1.165) is 6.08 Å². The summed E-state index contributed by atoms with van der Waals surface area (Å²) in [5.41, 5.74) is -2.24. The zero-order valence-electron chi connectivity index (χ0n) is 17.6. The van der Waals surface area contributed by atoms with Crippen molar-refractivity contribution >= 4 is 11.8 Å². The van der Waals surface area contributed by atoms with Crippen LogP contribution in [0.2, 0.25) is 0 Å². The Kier molecular flexibility index (Phi) is 7.93. The molecule has 10 heteroatoms. The minimum absolute atomic E-state index is 0.121. The van der Waals surface area contributed by atoms with Crippen molar-refractivity contribution < 1.29 is 49.7 Å². The number of rotatable bonds is 7. The van der Waals surface area contributed by atoms with Gasteiger partial charge in [0.25, 0.3) is 0 Å². The monoisotopic (exact) mass is 442 g/mol. The van der Waals surface area contributed by atoms with E-state index < -0.39 is 54.3 Å². The van der Waals surface area contributed by atoms with Crippen LogP contribution in [-0.4, -0.2) is 91.9 Å². The maximum atomic E-state index is 12.2. The van der Waals surface area contributed by atoms with E-state index in [0.29, 0.717) is 11.1 Å². The van der Waals surface area contributed by atoms with E-state index in [1.165, 1.54) is 18.2 Å². The van der Waals surface area contributed by atoms with E-state index in [9.17, 15) is 35.1 Å². The van der Waals surface area contributed by atoms with E-state index in [-0.39, 0.29) is 18.8 Å². The zero-order chi connectivity index (χ0) is 23.6. The van der Waals surface area contributed by atoms with Gasteiger partial charge in [-0.3, -0.25) is 4.79 Å². The molecule has 0 amide bonds. The molecule has 0 radical (unpaired) electrons. The fraction of sp³-hybridized carbons (Fsp3) is 0.619. The van der Waals surface area contributed by atoms with Gasteiger partial charge in [-0.2, -0.15) is 0 Å². The van der Waals surface area contributed by atoms with E-state index in [4.69, 9.17) is 14.6 Å². The predicted octanol–water partition coefficient (Wildman–Crippen LogP) is -0.953. The molecular weight excluding hydrogens is 412 g/mol. The minimum atomic E-state index is -1.69. The van der Waals surface area contributed by atoms with Crippen LogP contribution in [0.1, 0.15) is 27.2 Å². The molecule has 0 aromatic rings. The van der Waals surface area contributed by atoms with Crippen molar-refractivity contribution in [2.24, 2.45) is 5.41 Å². The summed E-state index contributed by atoms with van der Waals surface area (Å²) in [7, 11) is 0. The summed E-state index contributed by atoms with van der Waals surface area (Å²) in [6.45, 7) is 3.78. The predicted molar refractivity (Wildman–Crippen MR) is 107 cm³/mol. The van der Waals surface area contributed by atoms with Crippen LogP contribution in [0.4, 0.5) is 0 Å². The summed E-state index contributed by atoms with van der Waals surface area (Å²) >= 11 is 0. The van der Waals surface area contributed by atoms with Gasteiger partial charge in [0, 0.05) is 17.9 Å². The molecule has 0 aromatic heterocycles. The SMILES string of the molecule is CC1=CC(=O)C[C@](C)(CO[C@@H]2O[C@H](CO)[C@@H](O)[C@H](O)[C@H]2O)[C@]1(O)/C=C/C(C)=C/C(=O)O. The molecule has 174 valence electrons. The number of carboxylic acids is 1. The average molecular weight is 442 g/mol. The maximum absolute atomic E-state index is 12.2. The zero-order valence-corrected chi connectivity index (χ0v) is 17.6.